The molecule has 1 saturated carbocycles. The Bertz CT molecular complexity index is 889. The molecule has 0 radical (unpaired) electrons. The third-order valence-corrected chi connectivity index (χ3v) is 4.72. The largest absolute Gasteiger partial charge is 0.349 e. The predicted molar refractivity (Wildman–Crippen MR) is 96.2 cm³/mol. The lowest BCUT2D eigenvalue weighted by molar-refractivity contribution is 0.0937. The highest BCUT2D eigenvalue weighted by Gasteiger charge is 2.23. The molecule has 0 spiro atoms. The van der Waals surface area contributed by atoms with E-state index in [0.29, 0.717) is 12.1 Å². The van der Waals surface area contributed by atoms with Crippen molar-refractivity contribution in [2.45, 2.75) is 37.9 Å². The van der Waals surface area contributed by atoms with Crippen LogP contribution in [0.2, 0.25) is 0 Å². The van der Waals surface area contributed by atoms with Crippen LogP contribution in [0.3, 0.4) is 0 Å². The fourth-order valence-corrected chi connectivity index (χ4v) is 3.39. The molecule has 2 atom stereocenters. The van der Waals surface area contributed by atoms with Gasteiger partial charge < -0.3 is 15.6 Å². The Morgan fingerprint density at radius 3 is 2.84 bits per heavy atom. The van der Waals surface area contributed by atoms with Crippen molar-refractivity contribution in [3.63, 3.8) is 0 Å². The lowest BCUT2D eigenvalue weighted by Gasteiger charge is -2.12. The number of amides is 1. The molecule has 25 heavy (non-hydrogen) atoms. The van der Waals surface area contributed by atoms with E-state index in [4.69, 9.17) is 5.73 Å². The summed E-state index contributed by atoms with van der Waals surface area (Å²) in [5.74, 6) is -0.105. The van der Waals surface area contributed by atoms with Crippen molar-refractivity contribution in [3.8, 4) is 0 Å². The fourth-order valence-electron chi connectivity index (χ4n) is 3.39. The number of pyridine rings is 1. The van der Waals surface area contributed by atoms with Crippen molar-refractivity contribution in [1.82, 2.24) is 19.9 Å². The molecule has 1 aromatic carbocycles. The minimum Gasteiger partial charge on any atom is -0.349 e. The highest BCUT2D eigenvalue weighted by molar-refractivity contribution is 5.96. The standard InChI is InChI=1S/C19H21N5O/c20-15-6-7-16(9-15)23-19(25)14-8-17-18(21-10-14)24(12-22-17)11-13-4-2-1-3-5-13/h1-5,8,10,12,15-16H,6-7,9,11,20H2,(H,23,25)/t15-,16-/m1/s1. The van der Waals surface area contributed by atoms with E-state index < -0.39 is 0 Å². The molecule has 4 rings (SSSR count). The van der Waals surface area contributed by atoms with Crippen LogP contribution in [0.15, 0.2) is 48.9 Å². The van der Waals surface area contributed by atoms with Crippen molar-refractivity contribution >= 4 is 17.1 Å². The second kappa shape index (κ2) is 6.64. The van der Waals surface area contributed by atoms with Crippen molar-refractivity contribution in [2.24, 2.45) is 5.73 Å². The molecule has 3 aromatic rings. The third kappa shape index (κ3) is 3.39. The Hall–Kier alpha value is -2.73. The summed E-state index contributed by atoms with van der Waals surface area (Å²) in [4.78, 5) is 21.3. The molecule has 128 valence electrons. The molecule has 2 aromatic heterocycles. The van der Waals surface area contributed by atoms with Crippen LogP contribution in [0.1, 0.15) is 35.2 Å². The average Bonchev–Trinajstić information content (AvgIpc) is 3.22. The normalized spacial score (nSPS) is 20.0. The van der Waals surface area contributed by atoms with Gasteiger partial charge in [-0.2, -0.15) is 0 Å². The molecule has 6 heteroatoms. The number of carbonyl (C=O) groups is 1. The number of fused-ring (bicyclic) bond motifs is 1. The van der Waals surface area contributed by atoms with Crippen molar-refractivity contribution in [2.75, 3.05) is 0 Å². The van der Waals surface area contributed by atoms with Crippen molar-refractivity contribution in [3.05, 3.63) is 60.0 Å². The Morgan fingerprint density at radius 1 is 1.24 bits per heavy atom. The summed E-state index contributed by atoms with van der Waals surface area (Å²) in [6.07, 6.45) is 6.13. The number of carbonyl (C=O) groups excluding carboxylic acids is 1. The van der Waals surface area contributed by atoms with Gasteiger partial charge in [0, 0.05) is 18.3 Å². The quantitative estimate of drug-likeness (QED) is 0.764. The Morgan fingerprint density at radius 2 is 2.08 bits per heavy atom. The third-order valence-electron chi connectivity index (χ3n) is 4.72. The van der Waals surface area contributed by atoms with Crippen LogP contribution in [0, 0.1) is 0 Å². The molecular weight excluding hydrogens is 314 g/mol. The van der Waals surface area contributed by atoms with Crippen LogP contribution in [0.5, 0.6) is 0 Å². The summed E-state index contributed by atoms with van der Waals surface area (Å²) < 4.78 is 1.99. The highest BCUT2D eigenvalue weighted by atomic mass is 16.1. The molecule has 1 amide bonds. The van der Waals surface area contributed by atoms with Crippen molar-refractivity contribution in [1.29, 1.82) is 0 Å². The maximum Gasteiger partial charge on any atom is 0.253 e. The first-order valence-corrected chi connectivity index (χ1v) is 8.60. The van der Waals surface area contributed by atoms with E-state index in [9.17, 15) is 4.79 Å². The number of hydrogen-bond donors (Lipinski definition) is 2. The predicted octanol–water partition coefficient (Wildman–Crippen LogP) is 2.09. The van der Waals surface area contributed by atoms with Crippen LogP contribution >= 0.6 is 0 Å². The number of nitrogens with two attached hydrogens (primary N) is 1. The van der Waals surface area contributed by atoms with Gasteiger partial charge in [0.1, 0.15) is 5.52 Å². The molecule has 1 aliphatic rings. The van der Waals surface area contributed by atoms with Gasteiger partial charge in [-0.05, 0) is 30.9 Å². The molecule has 1 fully saturated rings. The Balaban J connectivity index is 1.52. The van der Waals surface area contributed by atoms with Gasteiger partial charge in [0.2, 0.25) is 0 Å². The zero-order valence-electron chi connectivity index (χ0n) is 13.9. The van der Waals surface area contributed by atoms with Gasteiger partial charge in [0.15, 0.2) is 5.65 Å². The molecule has 6 nitrogen and oxygen atoms in total. The monoisotopic (exact) mass is 335 g/mol. The lowest BCUT2D eigenvalue weighted by atomic mass is 10.2. The molecule has 3 N–H and O–H groups in total. The SMILES string of the molecule is N[C@@H]1CC[C@@H](NC(=O)c2cnc3c(c2)ncn3Cc2ccccc2)C1. The molecule has 0 aliphatic heterocycles. The van der Waals surface area contributed by atoms with Crippen LogP contribution in [-0.2, 0) is 6.54 Å². The average molecular weight is 335 g/mol. The summed E-state index contributed by atoms with van der Waals surface area (Å²) in [5.41, 5.74) is 9.14. The fraction of sp³-hybridized carbons (Fsp3) is 0.316. The maximum atomic E-state index is 12.4. The number of nitrogens with one attached hydrogen (secondary N) is 1. The van der Waals surface area contributed by atoms with E-state index in [0.717, 1.165) is 30.4 Å². The van der Waals surface area contributed by atoms with Crippen LogP contribution in [0.25, 0.3) is 11.2 Å². The molecule has 0 unspecified atom stereocenters. The first-order chi connectivity index (χ1) is 12.2. The number of nitrogens with zero attached hydrogens (tertiary/aromatic N) is 3. The number of rotatable bonds is 4. The second-order valence-corrected chi connectivity index (χ2v) is 6.67. The number of benzene rings is 1. The molecular formula is C19H21N5O. The van der Waals surface area contributed by atoms with Crippen LogP contribution in [-0.4, -0.2) is 32.5 Å². The van der Waals surface area contributed by atoms with Gasteiger partial charge >= 0.3 is 0 Å². The summed E-state index contributed by atoms with van der Waals surface area (Å²) in [6, 6.07) is 12.3. The second-order valence-electron chi connectivity index (χ2n) is 6.67. The van der Waals surface area contributed by atoms with Gasteiger partial charge in [-0.15, -0.1) is 0 Å². The zero-order chi connectivity index (χ0) is 17.2. The van der Waals surface area contributed by atoms with Gasteiger partial charge in [-0.25, -0.2) is 9.97 Å². The molecule has 2 heterocycles. The number of aromatic nitrogens is 3. The van der Waals surface area contributed by atoms with Gasteiger partial charge in [-0.1, -0.05) is 30.3 Å². The topological polar surface area (TPSA) is 85.8 Å². The maximum absolute atomic E-state index is 12.4. The number of imidazole rings is 1. The molecule has 0 saturated heterocycles. The van der Waals surface area contributed by atoms with Gasteiger partial charge in [0.25, 0.3) is 5.91 Å². The molecule has 0 bridgehead atoms. The first kappa shape index (κ1) is 15.8. The van der Waals surface area contributed by atoms with Gasteiger partial charge in [-0.3, -0.25) is 4.79 Å². The zero-order valence-corrected chi connectivity index (χ0v) is 13.9. The molecule has 1 aliphatic carbocycles. The minimum absolute atomic E-state index is 0.105. The summed E-state index contributed by atoms with van der Waals surface area (Å²) in [7, 11) is 0. The highest BCUT2D eigenvalue weighted by Crippen LogP contribution is 2.18. The van der Waals surface area contributed by atoms with E-state index in [1.165, 1.54) is 5.56 Å². The van der Waals surface area contributed by atoms with E-state index in [1.807, 2.05) is 22.8 Å². The summed E-state index contributed by atoms with van der Waals surface area (Å²) in [6.45, 7) is 0.704. The van der Waals surface area contributed by atoms with E-state index in [2.05, 4.69) is 27.4 Å². The smallest absolute Gasteiger partial charge is 0.253 e. The van der Waals surface area contributed by atoms with E-state index in [1.54, 1.807) is 18.6 Å². The van der Waals surface area contributed by atoms with Crippen molar-refractivity contribution < 1.29 is 4.79 Å². The summed E-state index contributed by atoms with van der Waals surface area (Å²) >= 11 is 0. The van der Waals surface area contributed by atoms with Crippen LogP contribution < -0.4 is 11.1 Å². The van der Waals surface area contributed by atoms with E-state index >= 15 is 0 Å². The Kier molecular flexibility index (Phi) is 4.19. The first-order valence-electron chi connectivity index (χ1n) is 8.60. The Labute approximate surface area is 146 Å². The van der Waals surface area contributed by atoms with E-state index in [-0.39, 0.29) is 18.0 Å². The minimum atomic E-state index is -0.105. The number of hydrogen-bond acceptors (Lipinski definition) is 4. The van der Waals surface area contributed by atoms with Gasteiger partial charge in [0.05, 0.1) is 18.4 Å². The lowest BCUT2D eigenvalue weighted by Crippen LogP contribution is -2.34. The summed E-state index contributed by atoms with van der Waals surface area (Å²) in [5, 5.41) is 3.04. The van der Waals surface area contributed by atoms with Crippen LogP contribution in [0.4, 0.5) is 0 Å².